The van der Waals surface area contributed by atoms with Gasteiger partial charge in [-0.2, -0.15) is 0 Å². The van der Waals surface area contributed by atoms with Crippen molar-refractivity contribution < 1.29 is 4.42 Å². The maximum Gasteiger partial charge on any atom is 0.103 e. The van der Waals surface area contributed by atoms with E-state index in [0.717, 1.165) is 18.6 Å². The predicted molar refractivity (Wildman–Crippen MR) is 76.0 cm³/mol. The van der Waals surface area contributed by atoms with E-state index in [1.54, 1.807) is 6.26 Å². The van der Waals surface area contributed by atoms with E-state index in [9.17, 15) is 0 Å². The molecule has 1 unspecified atom stereocenters. The van der Waals surface area contributed by atoms with Gasteiger partial charge >= 0.3 is 0 Å². The third-order valence-corrected chi connectivity index (χ3v) is 3.04. The number of rotatable bonds is 5. The first kappa shape index (κ1) is 12.7. The van der Waals surface area contributed by atoms with Gasteiger partial charge in [-0.3, -0.25) is 0 Å². The molecule has 0 amide bonds. The second-order valence-corrected chi connectivity index (χ2v) is 5.04. The van der Waals surface area contributed by atoms with Gasteiger partial charge < -0.3 is 9.73 Å². The zero-order valence-electron chi connectivity index (χ0n) is 11.4. The van der Waals surface area contributed by atoms with Crippen molar-refractivity contribution in [3.63, 3.8) is 0 Å². The summed E-state index contributed by atoms with van der Waals surface area (Å²) in [4.78, 5) is 0. The minimum absolute atomic E-state index is 0.441. The summed E-state index contributed by atoms with van der Waals surface area (Å²) in [6, 6.07) is 11.0. The van der Waals surface area contributed by atoms with E-state index in [0.29, 0.717) is 6.04 Å². The number of hydrogen-bond donors (Lipinski definition) is 1. The SMILES string of the molecule is Cc1cc(C)cc(NC(C)CCc2ccco2)c1. The molecule has 1 N–H and O–H groups in total. The van der Waals surface area contributed by atoms with Crippen LogP contribution in [0, 0.1) is 13.8 Å². The quantitative estimate of drug-likeness (QED) is 0.845. The fourth-order valence-corrected chi connectivity index (χ4v) is 2.23. The van der Waals surface area contributed by atoms with Gasteiger partial charge in [0.1, 0.15) is 5.76 Å². The summed E-state index contributed by atoms with van der Waals surface area (Å²) in [7, 11) is 0. The fraction of sp³-hybridized carbons (Fsp3) is 0.375. The van der Waals surface area contributed by atoms with E-state index >= 15 is 0 Å². The van der Waals surface area contributed by atoms with Crippen molar-refractivity contribution in [1.29, 1.82) is 0 Å². The third kappa shape index (κ3) is 3.66. The fourth-order valence-electron chi connectivity index (χ4n) is 2.23. The highest BCUT2D eigenvalue weighted by molar-refractivity contribution is 5.48. The lowest BCUT2D eigenvalue weighted by molar-refractivity contribution is 0.495. The minimum atomic E-state index is 0.441. The number of anilines is 1. The van der Waals surface area contributed by atoms with Gasteiger partial charge in [-0.15, -0.1) is 0 Å². The van der Waals surface area contributed by atoms with Crippen molar-refractivity contribution in [2.75, 3.05) is 5.32 Å². The van der Waals surface area contributed by atoms with Crippen LogP contribution in [-0.4, -0.2) is 6.04 Å². The summed E-state index contributed by atoms with van der Waals surface area (Å²) in [5.74, 6) is 1.06. The molecule has 0 radical (unpaired) electrons. The molecule has 0 saturated heterocycles. The lowest BCUT2D eigenvalue weighted by Crippen LogP contribution is -2.16. The molecule has 2 rings (SSSR count). The Bertz CT molecular complexity index is 468. The van der Waals surface area contributed by atoms with Crippen molar-refractivity contribution in [3.8, 4) is 0 Å². The molecule has 96 valence electrons. The third-order valence-electron chi connectivity index (χ3n) is 3.04. The van der Waals surface area contributed by atoms with Gasteiger partial charge in [0.2, 0.25) is 0 Å². The van der Waals surface area contributed by atoms with Crippen LogP contribution >= 0.6 is 0 Å². The summed E-state index contributed by atoms with van der Waals surface area (Å²) in [6.45, 7) is 6.47. The van der Waals surface area contributed by atoms with E-state index in [-0.39, 0.29) is 0 Å². The number of aryl methyl sites for hydroxylation is 3. The van der Waals surface area contributed by atoms with Gasteiger partial charge in [-0.1, -0.05) is 6.07 Å². The number of furan rings is 1. The van der Waals surface area contributed by atoms with Gasteiger partial charge in [-0.05, 0) is 62.6 Å². The van der Waals surface area contributed by atoms with Gasteiger partial charge in [0.05, 0.1) is 6.26 Å². The first-order valence-electron chi connectivity index (χ1n) is 6.51. The van der Waals surface area contributed by atoms with E-state index in [2.05, 4.69) is 44.3 Å². The van der Waals surface area contributed by atoms with Crippen molar-refractivity contribution >= 4 is 5.69 Å². The Morgan fingerprint density at radius 1 is 1.17 bits per heavy atom. The molecule has 0 aliphatic carbocycles. The Hall–Kier alpha value is -1.70. The van der Waals surface area contributed by atoms with E-state index in [1.807, 2.05) is 12.1 Å². The highest BCUT2D eigenvalue weighted by atomic mass is 16.3. The van der Waals surface area contributed by atoms with Crippen LogP contribution in [0.15, 0.2) is 41.0 Å². The number of benzene rings is 1. The lowest BCUT2D eigenvalue weighted by Gasteiger charge is -2.15. The molecule has 0 aliphatic heterocycles. The van der Waals surface area contributed by atoms with Crippen molar-refractivity contribution in [2.24, 2.45) is 0 Å². The predicted octanol–water partition coefficient (Wildman–Crippen LogP) is 4.33. The average molecular weight is 243 g/mol. The highest BCUT2D eigenvalue weighted by Gasteiger charge is 2.05. The summed E-state index contributed by atoms with van der Waals surface area (Å²) >= 11 is 0. The van der Waals surface area contributed by atoms with Crippen LogP contribution in [0.1, 0.15) is 30.2 Å². The summed E-state index contributed by atoms with van der Waals surface area (Å²) < 4.78 is 5.34. The normalized spacial score (nSPS) is 12.4. The number of nitrogens with one attached hydrogen (secondary N) is 1. The minimum Gasteiger partial charge on any atom is -0.469 e. The number of hydrogen-bond acceptors (Lipinski definition) is 2. The van der Waals surface area contributed by atoms with Crippen LogP contribution < -0.4 is 5.32 Å². The largest absolute Gasteiger partial charge is 0.469 e. The Kier molecular flexibility index (Phi) is 4.08. The molecule has 2 nitrogen and oxygen atoms in total. The monoisotopic (exact) mass is 243 g/mol. The molecule has 0 spiro atoms. The van der Waals surface area contributed by atoms with Crippen LogP contribution in [0.4, 0.5) is 5.69 Å². The summed E-state index contributed by atoms with van der Waals surface area (Å²) in [5, 5.41) is 3.54. The molecule has 0 fully saturated rings. The average Bonchev–Trinajstić information content (AvgIpc) is 2.77. The second-order valence-electron chi connectivity index (χ2n) is 5.04. The first-order chi connectivity index (χ1) is 8.63. The smallest absolute Gasteiger partial charge is 0.103 e. The molecule has 1 atom stereocenters. The Morgan fingerprint density at radius 2 is 1.89 bits per heavy atom. The molecule has 0 saturated carbocycles. The van der Waals surface area contributed by atoms with Crippen LogP contribution in [-0.2, 0) is 6.42 Å². The van der Waals surface area contributed by atoms with Crippen molar-refractivity contribution in [1.82, 2.24) is 0 Å². The summed E-state index contributed by atoms with van der Waals surface area (Å²) in [5.41, 5.74) is 3.81. The molecular formula is C16H21NO. The molecule has 1 aromatic heterocycles. The standard InChI is InChI=1S/C16H21NO/c1-12-9-13(2)11-15(10-12)17-14(3)6-7-16-5-4-8-18-16/h4-5,8-11,14,17H,6-7H2,1-3H3. The zero-order valence-corrected chi connectivity index (χ0v) is 11.4. The Balaban J connectivity index is 1.88. The first-order valence-corrected chi connectivity index (χ1v) is 6.51. The summed E-state index contributed by atoms with van der Waals surface area (Å²) in [6.07, 6.45) is 3.78. The maximum atomic E-state index is 5.34. The lowest BCUT2D eigenvalue weighted by atomic mass is 10.1. The van der Waals surface area contributed by atoms with Crippen LogP contribution in [0.3, 0.4) is 0 Å². The van der Waals surface area contributed by atoms with Crippen molar-refractivity contribution in [3.05, 3.63) is 53.5 Å². The van der Waals surface area contributed by atoms with Crippen LogP contribution in [0.25, 0.3) is 0 Å². The molecule has 1 heterocycles. The Labute approximate surface area is 109 Å². The van der Waals surface area contributed by atoms with E-state index < -0.39 is 0 Å². The molecule has 0 aliphatic rings. The maximum absolute atomic E-state index is 5.34. The molecule has 2 heteroatoms. The van der Waals surface area contributed by atoms with Gasteiger partial charge in [0, 0.05) is 18.2 Å². The van der Waals surface area contributed by atoms with E-state index in [4.69, 9.17) is 4.42 Å². The molecule has 1 aromatic carbocycles. The second kappa shape index (κ2) is 5.76. The van der Waals surface area contributed by atoms with Gasteiger partial charge in [0.25, 0.3) is 0 Å². The van der Waals surface area contributed by atoms with Crippen LogP contribution in [0.2, 0.25) is 0 Å². The zero-order chi connectivity index (χ0) is 13.0. The van der Waals surface area contributed by atoms with Gasteiger partial charge in [0.15, 0.2) is 0 Å². The Morgan fingerprint density at radius 3 is 2.50 bits per heavy atom. The van der Waals surface area contributed by atoms with E-state index in [1.165, 1.54) is 16.8 Å². The van der Waals surface area contributed by atoms with Crippen molar-refractivity contribution in [2.45, 2.75) is 39.7 Å². The highest BCUT2D eigenvalue weighted by Crippen LogP contribution is 2.16. The topological polar surface area (TPSA) is 25.2 Å². The molecular weight excluding hydrogens is 222 g/mol. The van der Waals surface area contributed by atoms with Gasteiger partial charge in [-0.25, -0.2) is 0 Å². The molecule has 2 aromatic rings. The van der Waals surface area contributed by atoms with Crippen LogP contribution in [0.5, 0.6) is 0 Å². The molecule has 0 bridgehead atoms. The molecule has 18 heavy (non-hydrogen) atoms.